The van der Waals surface area contributed by atoms with Crippen LogP contribution in [0.15, 0.2) is 53.0 Å². The predicted molar refractivity (Wildman–Crippen MR) is 88.0 cm³/mol. The number of likely N-dealkylation sites (N-methyl/N-ethyl adjacent to an activating group) is 1. The lowest BCUT2D eigenvalue weighted by atomic mass is 9.84. The molecule has 1 N–H and O–H groups in total. The van der Waals surface area contributed by atoms with Crippen LogP contribution in [0.2, 0.25) is 0 Å². The molecule has 1 aliphatic carbocycles. The first kappa shape index (κ1) is 14.7. The molecule has 0 heterocycles. The third-order valence-corrected chi connectivity index (χ3v) is 5.08. The fourth-order valence-electron chi connectivity index (χ4n) is 3.24. The molecule has 1 atom stereocenters. The quantitative estimate of drug-likeness (QED) is 0.842. The Kier molecular flexibility index (Phi) is 4.14. The second kappa shape index (κ2) is 5.90. The Balaban J connectivity index is 1.88. The van der Waals surface area contributed by atoms with E-state index < -0.39 is 0 Å². The van der Waals surface area contributed by atoms with Crippen molar-refractivity contribution in [2.24, 2.45) is 0 Å². The number of benzene rings is 2. The van der Waals surface area contributed by atoms with Crippen molar-refractivity contribution in [2.75, 3.05) is 7.05 Å². The van der Waals surface area contributed by atoms with E-state index in [1.54, 1.807) is 6.07 Å². The first-order chi connectivity index (χ1) is 10.2. The zero-order valence-electron chi connectivity index (χ0n) is 12.1. The molecule has 110 valence electrons. The van der Waals surface area contributed by atoms with Crippen molar-refractivity contribution >= 4 is 15.9 Å². The van der Waals surface area contributed by atoms with Gasteiger partial charge < -0.3 is 5.32 Å². The fourth-order valence-corrected chi connectivity index (χ4v) is 3.64. The smallest absolute Gasteiger partial charge is 0.126 e. The molecule has 1 unspecified atom stereocenters. The second-order valence-electron chi connectivity index (χ2n) is 5.80. The summed E-state index contributed by atoms with van der Waals surface area (Å²) in [5, 5.41) is 3.42. The summed E-state index contributed by atoms with van der Waals surface area (Å²) in [5.41, 5.74) is 2.29. The van der Waals surface area contributed by atoms with E-state index in [1.165, 1.54) is 11.6 Å². The van der Waals surface area contributed by atoms with E-state index >= 15 is 0 Å². The summed E-state index contributed by atoms with van der Waals surface area (Å²) in [6.45, 7) is 0. The van der Waals surface area contributed by atoms with Gasteiger partial charge in [0.15, 0.2) is 0 Å². The molecule has 2 aromatic rings. The third kappa shape index (κ3) is 2.90. The molecule has 3 heteroatoms. The van der Waals surface area contributed by atoms with Crippen molar-refractivity contribution in [3.05, 3.63) is 69.9 Å². The lowest BCUT2D eigenvalue weighted by Gasteiger charge is -2.27. The summed E-state index contributed by atoms with van der Waals surface area (Å²) in [6, 6.07) is 16.0. The molecule has 1 nitrogen and oxygen atoms in total. The van der Waals surface area contributed by atoms with Gasteiger partial charge in [-0.15, -0.1) is 0 Å². The number of rotatable bonds is 5. The van der Waals surface area contributed by atoms with E-state index in [9.17, 15) is 4.39 Å². The third-order valence-electron chi connectivity index (χ3n) is 4.58. The molecule has 21 heavy (non-hydrogen) atoms. The molecule has 0 bridgehead atoms. The molecular formula is C18H19BrFN. The summed E-state index contributed by atoms with van der Waals surface area (Å²) >= 11 is 3.43. The zero-order chi connectivity index (χ0) is 14.9. The summed E-state index contributed by atoms with van der Waals surface area (Å²) in [5.74, 6) is -0.123. The van der Waals surface area contributed by atoms with E-state index in [0.717, 1.165) is 22.9 Å². The van der Waals surface area contributed by atoms with Gasteiger partial charge in [-0.25, -0.2) is 4.39 Å². The maximum atomic E-state index is 14.0. The lowest BCUT2D eigenvalue weighted by molar-refractivity contribution is 0.435. The van der Waals surface area contributed by atoms with Crippen LogP contribution in [0.1, 0.15) is 24.0 Å². The largest absolute Gasteiger partial charge is 0.316 e. The van der Waals surface area contributed by atoms with Gasteiger partial charge in [-0.2, -0.15) is 0 Å². The first-order valence-electron chi connectivity index (χ1n) is 7.32. The Bertz CT molecular complexity index is 622. The highest BCUT2D eigenvalue weighted by Gasteiger charge is 2.49. The molecule has 0 amide bonds. The van der Waals surface area contributed by atoms with E-state index in [-0.39, 0.29) is 17.3 Å². The van der Waals surface area contributed by atoms with Crippen LogP contribution in [-0.4, -0.2) is 13.1 Å². The Hall–Kier alpha value is -1.19. The molecule has 3 rings (SSSR count). The Morgan fingerprint density at radius 2 is 1.90 bits per heavy atom. The normalized spacial score (nSPS) is 17.5. The highest BCUT2D eigenvalue weighted by Crippen LogP contribution is 2.51. The van der Waals surface area contributed by atoms with Gasteiger partial charge in [0.05, 0.1) is 0 Å². The van der Waals surface area contributed by atoms with Crippen LogP contribution in [0.4, 0.5) is 4.39 Å². The minimum absolute atomic E-state index is 0.123. The van der Waals surface area contributed by atoms with Crippen LogP contribution in [0, 0.1) is 5.82 Å². The van der Waals surface area contributed by atoms with Gasteiger partial charge in [-0.3, -0.25) is 0 Å². The monoisotopic (exact) mass is 347 g/mol. The summed E-state index contributed by atoms with van der Waals surface area (Å²) in [6.07, 6.45) is 3.03. The van der Waals surface area contributed by atoms with Gasteiger partial charge in [0, 0.05) is 15.9 Å². The van der Waals surface area contributed by atoms with E-state index in [0.29, 0.717) is 6.42 Å². The van der Waals surface area contributed by atoms with E-state index in [1.807, 2.05) is 19.2 Å². The second-order valence-corrected chi connectivity index (χ2v) is 6.72. The average molecular weight is 348 g/mol. The molecular weight excluding hydrogens is 329 g/mol. The topological polar surface area (TPSA) is 12.0 Å². The standard InChI is InChI=1S/C18H19BrFN/c1-21-17(12-13-11-15(19)7-8-16(13)20)18(9-10-18)14-5-3-2-4-6-14/h2-8,11,17,21H,9-10,12H2,1H3. The van der Waals surface area contributed by atoms with Crippen molar-refractivity contribution in [2.45, 2.75) is 30.7 Å². The molecule has 2 aromatic carbocycles. The van der Waals surface area contributed by atoms with E-state index in [2.05, 4.69) is 45.5 Å². The van der Waals surface area contributed by atoms with Crippen molar-refractivity contribution in [3.8, 4) is 0 Å². The highest BCUT2D eigenvalue weighted by molar-refractivity contribution is 9.10. The van der Waals surface area contributed by atoms with Gasteiger partial charge in [-0.1, -0.05) is 46.3 Å². The predicted octanol–water partition coefficient (Wildman–Crippen LogP) is 4.45. The van der Waals surface area contributed by atoms with Gasteiger partial charge >= 0.3 is 0 Å². The number of nitrogens with one attached hydrogen (secondary N) is 1. The van der Waals surface area contributed by atoms with E-state index in [4.69, 9.17) is 0 Å². The Morgan fingerprint density at radius 3 is 2.52 bits per heavy atom. The minimum atomic E-state index is -0.123. The summed E-state index contributed by atoms with van der Waals surface area (Å²) < 4.78 is 15.0. The number of hydrogen-bond donors (Lipinski definition) is 1. The molecule has 1 fully saturated rings. The Labute approximate surface area is 133 Å². The van der Waals surface area contributed by atoms with Crippen LogP contribution in [0.3, 0.4) is 0 Å². The summed E-state index contributed by atoms with van der Waals surface area (Å²) in [4.78, 5) is 0. The number of halogens is 2. The fraction of sp³-hybridized carbons (Fsp3) is 0.333. The van der Waals surface area contributed by atoms with Crippen molar-refractivity contribution < 1.29 is 4.39 Å². The summed E-state index contributed by atoms with van der Waals surface area (Å²) in [7, 11) is 1.98. The van der Waals surface area contributed by atoms with Crippen molar-refractivity contribution in [1.82, 2.24) is 5.32 Å². The van der Waals surface area contributed by atoms with Gasteiger partial charge in [-0.05, 0) is 55.6 Å². The molecule has 0 aromatic heterocycles. The van der Waals surface area contributed by atoms with Crippen LogP contribution in [0.25, 0.3) is 0 Å². The van der Waals surface area contributed by atoms with Gasteiger partial charge in [0.2, 0.25) is 0 Å². The van der Waals surface area contributed by atoms with Crippen LogP contribution in [-0.2, 0) is 11.8 Å². The highest BCUT2D eigenvalue weighted by atomic mass is 79.9. The van der Waals surface area contributed by atoms with Gasteiger partial charge in [0.1, 0.15) is 5.82 Å². The molecule has 0 spiro atoms. The maximum absolute atomic E-state index is 14.0. The molecule has 1 saturated carbocycles. The Morgan fingerprint density at radius 1 is 1.19 bits per heavy atom. The van der Waals surface area contributed by atoms with Crippen molar-refractivity contribution in [1.29, 1.82) is 0 Å². The lowest BCUT2D eigenvalue weighted by Crippen LogP contribution is -2.39. The van der Waals surface area contributed by atoms with Crippen LogP contribution >= 0.6 is 15.9 Å². The number of hydrogen-bond acceptors (Lipinski definition) is 1. The molecule has 0 aliphatic heterocycles. The van der Waals surface area contributed by atoms with Crippen molar-refractivity contribution in [3.63, 3.8) is 0 Å². The molecule has 0 saturated heterocycles. The molecule has 0 radical (unpaired) electrons. The minimum Gasteiger partial charge on any atom is -0.316 e. The maximum Gasteiger partial charge on any atom is 0.126 e. The SMILES string of the molecule is CNC(Cc1cc(Br)ccc1F)C1(c2ccccc2)CC1. The van der Waals surface area contributed by atoms with Crippen LogP contribution in [0.5, 0.6) is 0 Å². The zero-order valence-corrected chi connectivity index (χ0v) is 13.7. The first-order valence-corrected chi connectivity index (χ1v) is 8.12. The van der Waals surface area contributed by atoms with Crippen LogP contribution < -0.4 is 5.32 Å². The van der Waals surface area contributed by atoms with Gasteiger partial charge in [0.25, 0.3) is 0 Å². The molecule has 1 aliphatic rings. The average Bonchev–Trinajstić information content (AvgIpc) is 3.31.